The van der Waals surface area contributed by atoms with Crippen LogP contribution in [0.25, 0.3) is 0 Å². The molecule has 2 aliphatic carbocycles. The van der Waals surface area contributed by atoms with Gasteiger partial charge in [0.25, 0.3) is 0 Å². The summed E-state index contributed by atoms with van der Waals surface area (Å²) in [5, 5.41) is 3.12. The maximum absolute atomic E-state index is 13.1. The standard InChI is InChI=1S/C22H22N4O3S/c23-21(27)17-7-1-2-10-18(17)30(28,29)22-24-12-19(26-22)25-20-15-8-3-5-13(15)11-14-6-4-9-16(14)20/h1-2,7,10-11H,3-6,8-9,12H2,(H2,23,27)(H,24,25,26). The van der Waals surface area contributed by atoms with E-state index in [2.05, 4.69) is 21.4 Å². The predicted octanol–water partition coefficient (Wildman–Crippen LogP) is 2.42. The molecule has 1 amide bonds. The summed E-state index contributed by atoms with van der Waals surface area (Å²) in [6, 6.07) is 8.22. The third kappa shape index (κ3) is 3.02. The van der Waals surface area contributed by atoms with Gasteiger partial charge < -0.3 is 11.1 Å². The van der Waals surface area contributed by atoms with E-state index < -0.39 is 15.7 Å². The lowest BCUT2D eigenvalue weighted by Gasteiger charge is -2.16. The molecule has 0 atom stereocenters. The summed E-state index contributed by atoms with van der Waals surface area (Å²) < 4.78 is 26.1. The van der Waals surface area contributed by atoms with E-state index in [1.807, 2.05) is 0 Å². The van der Waals surface area contributed by atoms with Crippen LogP contribution in [0.3, 0.4) is 0 Å². The fraction of sp³-hybridized carbons (Fsp3) is 0.318. The molecule has 3 N–H and O–H groups in total. The number of carbonyl (C=O) groups is 1. The van der Waals surface area contributed by atoms with E-state index in [9.17, 15) is 13.2 Å². The molecule has 0 spiro atoms. The van der Waals surface area contributed by atoms with Gasteiger partial charge in [0.05, 0.1) is 10.5 Å². The summed E-state index contributed by atoms with van der Waals surface area (Å²) in [5.41, 5.74) is 11.8. The summed E-state index contributed by atoms with van der Waals surface area (Å²) in [4.78, 5) is 20.0. The van der Waals surface area contributed by atoms with Gasteiger partial charge in [-0.05, 0) is 72.9 Å². The Labute approximate surface area is 175 Å². The van der Waals surface area contributed by atoms with Crippen molar-refractivity contribution < 1.29 is 13.2 Å². The monoisotopic (exact) mass is 422 g/mol. The molecule has 0 unspecified atom stereocenters. The second-order valence-electron chi connectivity index (χ2n) is 7.88. The SMILES string of the molecule is NC(=O)c1ccccc1S(=O)(=O)C1=NCC(Nc2c3c(cc4c2CCC4)CCC3)=N1. The maximum Gasteiger partial charge on any atom is 0.250 e. The number of amides is 1. The molecule has 0 fully saturated rings. The van der Waals surface area contributed by atoms with Gasteiger partial charge in [0.15, 0.2) is 0 Å². The molecule has 0 aromatic heterocycles. The first-order chi connectivity index (χ1) is 14.4. The normalized spacial score (nSPS) is 17.3. The highest BCUT2D eigenvalue weighted by Crippen LogP contribution is 2.38. The molecule has 0 radical (unpaired) electrons. The second-order valence-corrected chi connectivity index (χ2v) is 9.69. The number of nitrogens with two attached hydrogens (primary N) is 1. The zero-order valence-corrected chi connectivity index (χ0v) is 17.3. The lowest BCUT2D eigenvalue weighted by atomic mass is 9.98. The minimum absolute atomic E-state index is 0.0597. The molecule has 8 heteroatoms. The van der Waals surface area contributed by atoms with Gasteiger partial charge >= 0.3 is 0 Å². The number of aliphatic imine (C=N–C) groups is 2. The van der Waals surface area contributed by atoms with Crippen LogP contribution in [0.2, 0.25) is 0 Å². The molecule has 7 nitrogen and oxygen atoms in total. The van der Waals surface area contributed by atoms with E-state index in [-0.39, 0.29) is 22.2 Å². The van der Waals surface area contributed by atoms with E-state index in [0.29, 0.717) is 5.84 Å². The van der Waals surface area contributed by atoms with Gasteiger partial charge in [0, 0.05) is 5.69 Å². The van der Waals surface area contributed by atoms with Gasteiger partial charge in [-0.1, -0.05) is 18.2 Å². The Bertz CT molecular complexity index is 1210. The number of primary amides is 1. The summed E-state index contributed by atoms with van der Waals surface area (Å²) >= 11 is 0. The summed E-state index contributed by atoms with van der Waals surface area (Å²) in [6.45, 7) is 0.158. The smallest absolute Gasteiger partial charge is 0.250 e. The first kappa shape index (κ1) is 19.0. The number of sulfone groups is 1. The van der Waals surface area contributed by atoms with Crippen molar-refractivity contribution in [1.82, 2.24) is 0 Å². The highest BCUT2D eigenvalue weighted by Gasteiger charge is 2.31. The van der Waals surface area contributed by atoms with Crippen LogP contribution in [0.15, 0.2) is 45.2 Å². The molecule has 3 aliphatic rings. The van der Waals surface area contributed by atoms with Crippen molar-refractivity contribution in [2.45, 2.75) is 43.4 Å². The fourth-order valence-electron chi connectivity index (χ4n) is 4.66. The minimum Gasteiger partial charge on any atom is -0.366 e. The number of hydrogen-bond acceptors (Lipinski definition) is 6. The third-order valence-corrected chi connectivity index (χ3v) is 7.66. The molecule has 154 valence electrons. The molecule has 30 heavy (non-hydrogen) atoms. The Morgan fingerprint density at radius 2 is 1.67 bits per heavy atom. The van der Waals surface area contributed by atoms with Gasteiger partial charge in [-0.25, -0.2) is 18.4 Å². The second kappa shape index (κ2) is 7.05. The number of benzene rings is 2. The first-order valence-corrected chi connectivity index (χ1v) is 11.6. The molecule has 0 bridgehead atoms. The molecule has 0 saturated carbocycles. The van der Waals surface area contributed by atoms with Crippen LogP contribution >= 0.6 is 0 Å². The van der Waals surface area contributed by atoms with Crippen LogP contribution in [-0.4, -0.2) is 31.9 Å². The summed E-state index contributed by atoms with van der Waals surface area (Å²) in [5.74, 6) is -0.287. The molecule has 1 aliphatic heterocycles. The maximum atomic E-state index is 13.1. The Morgan fingerprint density at radius 3 is 2.33 bits per heavy atom. The van der Waals surface area contributed by atoms with Crippen molar-refractivity contribution in [3.8, 4) is 0 Å². The number of nitrogens with one attached hydrogen (secondary N) is 1. The van der Waals surface area contributed by atoms with Gasteiger partial charge in [0.1, 0.15) is 12.4 Å². The fourth-order valence-corrected chi connectivity index (χ4v) is 6.03. The van der Waals surface area contributed by atoms with Crippen LogP contribution < -0.4 is 11.1 Å². The van der Waals surface area contributed by atoms with Crippen LogP contribution in [0.4, 0.5) is 5.69 Å². The molecule has 5 rings (SSSR count). The van der Waals surface area contributed by atoms with Crippen LogP contribution in [0, 0.1) is 0 Å². The Morgan fingerprint density at radius 1 is 1.00 bits per heavy atom. The number of nitrogens with zero attached hydrogens (tertiary/aromatic N) is 2. The van der Waals surface area contributed by atoms with E-state index >= 15 is 0 Å². The van der Waals surface area contributed by atoms with E-state index in [1.54, 1.807) is 12.1 Å². The molecule has 1 heterocycles. The average Bonchev–Trinajstić information content (AvgIpc) is 3.48. The van der Waals surface area contributed by atoms with Crippen molar-refractivity contribution >= 4 is 32.4 Å². The number of rotatable bonds is 3. The van der Waals surface area contributed by atoms with Gasteiger partial charge in [-0.15, -0.1) is 0 Å². The molecular weight excluding hydrogens is 400 g/mol. The van der Waals surface area contributed by atoms with Crippen molar-refractivity contribution in [3.63, 3.8) is 0 Å². The van der Waals surface area contributed by atoms with Crippen LogP contribution in [0.5, 0.6) is 0 Å². The Kier molecular flexibility index (Phi) is 4.47. The molecular formula is C22H22N4O3S. The largest absolute Gasteiger partial charge is 0.366 e. The Balaban J connectivity index is 1.48. The third-order valence-electron chi connectivity index (χ3n) is 6.02. The van der Waals surface area contributed by atoms with Gasteiger partial charge in [-0.2, -0.15) is 0 Å². The van der Waals surface area contributed by atoms with Gasteiger partial charge in [0.2, 0.25) is 20.9 Å². The predicted molar refractivity (Wildman–Crippen MR) is 116 cm³/mol. The van der Waals surface area contributed by atoms with E-state index in [0.717, 1.165) is 44.2 Å². The van der Waals surface area contributed by atoms with Crippen LogP contribution in [0.1, 0.15) is 45.5 Å². The highest BCUT2D eigenvalue weighted by molar-refractivity contribution is 8.06. The number of amidine groups is 2. The van der Waals surface area contributed by atoms with E-state index in [4.69, 9.17) is 5.73 Å². The lowest BCUT2D eigenvalue weighted by Crippen LogP contribution is -2.20. The topological polar surface area (TPSA) is 114 Å². The van der Waals surface area contributed by atoms with Crippen molar-refractivity contribution in [1.29, 1.82) is 0 Å². The van der Waals surface area contributed by atoms with Crippen molar-refractivity contribution in [2.75, 3.05) is 11.9 Å². The quantitative estimate of drug-likeness (QED) is 0.790. The van der Waals surface area contributed by atoms with Crippen LogP contribution in [-0.2, 0) is 35.5 Å². The number of hydrogen-bond donors (Lipinski definition) is 2. The van der Waals surface area contributed by atoms with E-state index in [1.165, 1.54) is 34.4 Å². The zero-order chi connectivity index (χ0) is 20.9. The Hall–Kier alpha value is -3.00. The number of fused-ring (bicyclic) bond motifs is 2. The summed E-state index contributed by atoms with van der Waals surface area (Å²) in [6.07, 6.45) is 6.50. The van der Waals surface area contributed by atoms with Gasteiger partial charge in [-0.3, -0.25) is 4.79 Å². The minimum atomic E-state index is -4.04. The molecule has 2 aromatic carbocycles. The zero-order valence-electron chi connectivity index (χ0n) is 16.4. The lowest BCUT2D eigenvalue weighted by molar-refractivity contribution is 0.0997. The van der Waals surface area contributed by atoms with Crippen molar-refractivity contribution in [3.05, 3.63) is 58.1 Å². The first-order valence-electron chi connectivity index (χ1n) is 10.1. The summed E-state index contributed by atoms with van der Waals surface area (Å²) in [7, 11) is -4.04. The number of carbonyl (C=O) groups excluding carboxylic acids is 1. The average molecular weight is 423 g/mol. The number of aryl methyl sites for hydroxylation is 2. The number of anilines is 1. The molecule has 0 saturated heterocycles. The van der Waals surface area contributed by atoms with Crippen molar-refractivity contribution in [2.24, 2.45) is 15.7 Å². The molecule has 2 aromatic rings. The highest BCUT2D eigenvalue weighted by atomic mass is 32.2.